The Kier molecular flexibility index (Phi) is 3.60. The molecule has 0 aliphatic heterocycles. The molecule has 0 amide bonds. The number of ether oxygens (including phenoxy) is 1. The molecule has 2 rings (SSSR count). The van der Waals surface area contributed by atoms with Gasteiger partial charge in [0.1, 0.15) is 0 Å². The number of ketones is 1. The molecule has 0 unspecified atom stereocenters. The smallest absolute Gasteiger partial charge is 0.243 e. The summed E-state index contributed by atoms with van der Waals surface area (Å²) in [4.78, 5) is 20.8. The van der Waals surface area contributed by atoms with E-state index < -0.39 is 5.41 Å². The molecule has 98 valence electrons. The molecule has 1 heterocycles. The van der Waals surface area contributed by atoms with Crippen LogP contribution in [0.15, 0.2) is 42.7 Å². The van der Waals surface area contributed by atoms with Crippen molar-refractivity contribution in [1.82, 2.24) is 9.97 Å². The second kappa shape index (κ2) is 5.18. The molecule has 0 aliphatic rings. The van der Waals surface area contributed by atoms with Gasteiger partial charge in [0.05, 0.1) is 12.5 Å². The fraction of sp³-hybridized carbons (Fsp3) is 0.267. The van der Waals surface area contributed by atoms with Gasteiger partial charge in [-0.05, 0) is 19.4 Å². The van der Waals surface area contributed by atoms with E-state index in [2.05, 4.69) is 9.97 Å². The van der Waals surface area contributed by atoms with Crippen LogP contribution in [0, 0.1) is 0 Å². The molecule has 0 aliphatic carbocycles. The molecule has 1 aromatic carbocycles. The average molecular weight is 256 g/mol. The number of hydrogen-bond acceptors (Lipinski definition) is 4. The number of Topliss-reactive ketones (excluding diaryl/α,β-unsaturated/α-hetero) is 1. The van der Waals surface area contributed by atoms with Gasteiger partial charge in [-0.2, -0.15) is 0 Å². The first kappa shape index (κ1) is 13.2. The van der Waals surface area contributed by atoms with Crippen molar-refractivity contribution < 1.29 is 9.53 Å². The van der Waals surface area contributed by atoms with Crippen molar-refractivity contribution in [2.24, 2.45) is 0 Å². The largest absolute Gasteiger partial charge is 0.479 e. The van der Waals surface area contributed by atoms with E-state index in [0.29, 0.717) is 0 Å². The number of rotatable bonds is 4. The van der Waals surface area contributed by atoms with E-state index >= 15 is 0 Å². The minimum absolute atomic E-state index is 0.108. The quantitative estimate of drug-likeness (QED) is 0.789. The zero-order chi connectivity index (χ0) is 13.9. The maximum absolute atomic E-state index is 12.7. The van der Waals surface area contributed by atoms with Crippen LogP contribution in [0.25, 0.3) is 0 Å². The first-order valence-electron chi connectivity index (χ1n) is 6.02. The highest BCUT2D eigenvalue weighted by molar-refractivity contribution is 6.03. The fourth-order valence-corrected chi connectivity index (χ4v) is 1.91. The minimum atomic E-state index is -0.676. The maximum atomic E-state index is 12.7. The Morgan fingerprint density at radius 3 is 2.37 bits per heavy atom. The van der Waals surface area contributed by atoms with Gasteiger partial charge in [0.15, 0.2) is 11.5 Å². The molecule has 0 fully saturated rings. The van der Waals surface area contributed by atoms with E-state index in [0.717, 1.165) is 5.56 Å². The van der Waals surface area contributed by atoms with E-state index in [-0.39, 0.29) is 17.4 Å². The Labute approximate surface area is 112 Å². The lowest BCUT2D eigenvalue weighted by molar-refractivity contribution is 0.0899. The fourth-order valence-electron chi connectivity index (χ4n) is 1.91. The van der Waals surface area contributed by atoms with Crippen LogP contribution in [0.1, 0.15) is 29.9 Å². The molecule has 2 aromatic rings. The molecule has 0 spiro atoms. The molecule has 0 radical (unpaired) electrons. The van der Waals surface area contributed by atoms with E-state index in [9.17, 15) is 4.79 Å². The van der Waals surface area contributed by atoms with Gasteiger partial charge in [-0.1, -0.05) is 30.3 Å². The van der Waals surface area contributed by atoms with Crippen molar-refractivity contribution in [2.45, 2.75) is 19.3 Å². The SMILES string of the molecule is COc1nccnc1C(=O)C(C)(C)c1ccccc1. The second-order valence-corrected chi connectivity index (χ2v) is 4.73. The molecule has 4 nitrogen and oxygen atoms in total. The highest BCUT2D eigenvalue weighted by Gasteiger charge is 2.33. The van der Waals surface area contributed by atoms with Gasteiger partial charge < -0.3 is 4.74 Å². The second-order valence-electron chi connectivity index (χ2n) is 4.73. The van der Waals surface area contributed by atoms with Gasteiger partial charge in [0.2, 0.25) is 5.88 Å². The first-order valence-corrected chi connectivity index (χ1v) is 6.02. The van der Waals surface area contributed by atoms with E-state index in [4.69, 9.17) is 4.74 Å². The van der Waals surface area contributed by atoms with Crippen molar-refractivity contribution in [2.75, 3.05) is 7.11 Å². The number of carbonyl (C=O) groups excluding carboxylic acids is 1. The summed E-state index contributed by atoms with van der Waals surface area (Å²) in [6.45, 7) is 3.75. The number of methoxy groups -OCH3 is 1. The predicted molar refractivity (Wildman–Crippen MR) is 72.4 cm³/mol. The summed E-state index contributed by atoms with van der Waals surface area (Å²) in [6.07, 6.45) is 3.00. The van der Waals surface area contributed by atoms with Crippen LogP contribution in [0.4, 0.5) is 0 Å². The van der Waals surface area contributed by atoms with E-state index in [1.807, 2.05) is 44.2 Å². The first-order chi connectivity index (χ1) is 9.07. The Bertz CT molecular complexity index is 580. The van der Waals surface area contributed by atoms with Gasteiger partial charge in [-0.3, -0.25) is 4.79 Å². The van der Waals surface area contributed by atoms with Gasteiger partial charge in [-0.15, -0.1) is 0 Å². The minimum Gasteiger partial charge on any atom is -0.479 e. The topological polar surface area (TPSA) is 52.1 Å². The van der Waals surface area contributed by atoms with Crippen molar-refractivity contribution in [3.63, 3.8) is 0 Å². The normalized spacial score (nSPS) is 11.1. The van der Waals surface area contributed by atoms with Crippen molar-refractivity contribution in [1.29, 1.82) is 0 Å². The summed E-state index contributed by atoms with van der Waals surface area (Å²) >= 11 is 0. The van der Waals surface area contributed by atoms with Crippen molar-refractivity contribution in [3.8, 4) is 5.88 Å². The molecule has 0 bridgehead atoms. The third-order valence-corrected chi connectivity index (χ3v) is 3.14. The molecule has 0 saturated carbocycles. The predicted octanol–water partition coefficient (Wildman–Crippen LogP) is 2.65. The molecule has 0 saturated heterocycles. The number of aromatic nitrogens is 2. The molecule has 0 atom stereocenters. The summed E-state index contributed by atoms with van der Waals surface area (Å²) in [5.41, 5.74) is 0.524. The average Bonchev–Trinajstić information content (AvgIpc) is 2.47. The standard InChI is InChI=1S/C15H16N2O2/c1-15(2,11-7-5-4-6-8-11)13(18)12-14(19-3)17-10-9-16-12/h4-10H,1-3H3. The Morgan fingerprint density at radius 2 is 1.74 bits per heavy atom. The number of benzene rings is 1. The van der Waals surface area contributed by atoms with Gasteiger partial charge >= 0.3 is 0 Å². The summed E-state index contributed by atoms with van der Waals surface area (Å²) in [6, 6.07) is 9.62. The molecular formula is C15H16N2O2. The zero-order valence-corrected chi connectivity index (χ0v) is 11.3. The molecular weight excluding hydrogens is 240 g/mol. The highest BCUT2D eigenvalue weighted by atomic mass is 16.5. The van der Waals surface area contributed by atoms with Gasteiger partial charge in [0.25, 0.3) is 0 Å². The number of nitrogens with zero attached hydrogens (tertiary/aromatic N) is 2. The number of carbonyl (C=O) groups is 1. The Morgan fingerprint density at radius 1 is 1.11 bits per heavy atom. The van der Waals surface area contributed by atoms with Crippen LogP contribution < -0.4 is 4.74 Å². The Balaban J connectivity index is 2.44. The monoisotopic (exact) mass is 256 g/mol. The van der Waals surface area contributed by atoms with Crippen molar-refractivity contribution in [3.05, 3.63) is 54.0 Å². The lowest BCUT2D eigenvalue weighted by Crippen LogP contribution is -2.30. The van der Waals surface area contributed by atoms with Crippen LogP contribution >= 0.6 is 0 Å². The molecule has 4 heteroatoms. The lowest BCUT2D eigenvalue weighted by atomic mass is 9.79. The molecule has 1 aromatic heterocycles. The highest BCUT2D eigenvalue weighted by Crippen LogP contribution is 2.29. The Hall–Kier alpha value is -2.23. The molecule has 19 heavy (non-hydrogen) atoms. The third kappa shape index (κ3) is 2.47. The van der Waals surface area contributed by atoms with Crippen molar-refractivity contribution >= 4 is 5.78 Å². The van der Waals surface area contributed by atoms with Crippen LogP contribution in [-0.2, 0) is 5.41 Å². The summed E-state index contributed by atoms with van der Waals surface area (Å²) in [7, 11) is 1.48. The summed E-state index contributed by atoms with van der Waals surface area (Å²) in [5, 5.41) is 0. The van der Waals surface area contributed by atoms with Crippen LogP contribution in [0.3, 0.4) is 0 Å². The summed E-state index contributed by atoms with van der Waals surface area (Å²) in [5.74, 6) is 0.153. The van der Waals surface area contributed by atoms with Crippen LogP contribution in [0.5, 0.6) is 5.88 Å². The van der Waals surface area contributed by atoms with Gasteiger partial charge in [-0.25, -0.2) is 9.97 Å². The summed E-state index contributed by atoms with van der Waals surface area (Å²) < 4.78 is 5.10. The van der Waals surface area contributed by atoms with Gasteiger partial charge in [0, 0.05) is 12.4 Å². The lowest BCUT2D eigenvalue weighted by Gasteiger charge is -2.23. The van der Waals surface area contributed by atoms with Crippen LogP contribution in [-0.4, -0.2) is 22.9 Å². The van der Waals surface area contributed by atoms with E-state index in [1.54, 1.807) is 0 Å². The molecule has 0 N–H and O–H groups in total. The van der Waals surface area contributed by atoms with E-state index in [1.165, 1.54) is 19.5 Å². The third-order valence-electron chi connectivity index (χ3n) is 3.14. The zero-order valence-electron chi connectivity index (χ0n) is 11.3. The maximum Gasteiger partial charge on any atom is 0.243 e. The number of hydrogen-bond donors (Lipinski definition) is 0. The van der Waals surface area contributed by atoms with Crippen LogP contribution in [0.2, 0.25) is 0 Å².